The summed E-state index contributed by atoms with van der Waals surface area (Å²) in [4.78, 5) is 10.8. The molecule has 0 bridgehead atoms. The van der Waals surface area contributed by atoms with Gasteiger partial charge in [0.25, 0.3) is 0 Å². The molecule has 0 unspecified atom stereocenters. The average Bonchev–Trinajstić information content (AvgIpc) is 3.75. The van der Waals surface area contributed by atoms with Crippen molar-refractivity contribution in [3.8, 4) is 38.8 Å². The molecule has 4 heterocycles. The Morgan fingerprint density at radius 2 is 1.56 bits per heavy atom. The lowest BCUT2D eigenvalue weighted by Gasteiger charge is -2.12. The normalized spacial score (nSPS) is 11.6. The fourth-order valence-electron chi connectivity index (χ4n) is 5.44. The van der Waals surface area contributed by atoms with E-state index in [1.807, 2.05) is 36.5 Å². The first kappa shape index (κ1) is 22.0. The van der Waals surface area contributed by atoms with Gasteiger partial charge in [-0.2, -0.15) is 0 Å². The van der Waals surface area contributed by atoms with Crippen LogP contribution in [-0.4, -0.2) is 14.5 Å². The molecule has 0 amide bonds. The van der Waals surface area contributed by atoms with Crippen LogP contribution in [0.15, 0.2) is 131 Å². The van der Waals surface area contributed by atoms with E-state index in [1.165, 1.54) is 15.6 Å². The first-order valence-electron chi connectivity index (χ1n) is 12.8. The van der Waals surface area contributed by atoms with E-state index in [4.69, 9.17) is 14.4 Å². The molecule has 0 atom stereocenters. The van der Waals surface area contributed by atoms with Crippen LogP contribution in [0, 0.1) is 0 Å². The Labute approximate surface area is 228 Å². The zero-order valence-corrected chi connectivity index (χ0v) is 21.6. The van der Waals surface area contributed by atoms with Crippen molar-refractivity contribution in [3.63, 3.8) is 0 Å². The van der Waals surface area contributed by atoms with E-state index in [0.29, 0.717) is 5.89 Å². The van der Waals surface area contributed by atoms with E-state index in [9.17, 15) is 0 Å². The van der Waals surface area contributed by atoms with Crippen molar-refractivity contribution in [1.29, 1.82) is 0 Å². The number of pyridine rings is 1. The summed E-state index contributed by atoms with van der Waals surface area (Å²) in [6, 6.07) is 39.9. The molecule has 4 aromatic carbocycles. The summed E-state index contributed by atoms with van der Waals surface area (Å²) in [5.74, 6) is 0.623. The number of para-hydroxylation sites is 3. The maximum Gasteiger partial charge on any atom is 0.227 e. The molecule has 8 aromatic rings. The standard InChI is InChI=1S/C34H21N3OS/c1-3-13-29-25(10-1)26-17-16-23(34-36-28-12-2-4-14-31(28)38-34)21-30(26)37(29)24-9-5-8-22(20-24)33-27(11-6-18-35-33)32-15-7-19-39-32/h1-21H. The van der Waals surface area contributed by atoms with Crippen LogP contribution in [0.1, 0.15) is 0 Å². The second kappa shape index (κ2) is 8.79. The lowest BCUT2D eigenvalue weighted by molar-refractivity contribution is 0.620. The smallest absolute Gasteiger partial charge is 0.227 e. The van der Waals surface area contributed by atoms with Gasteiger partial charge in [0.05, 0.1) is 16.7 Å². The van der Waals surface area contributed by atoms with Crippen LogP contribution in [0.4, 0.5) is 0 Å². The van der Waals surface area contributed by atoms with Crippen molar-refractivity contribution in [1.82, 2.24) is 14.5 Å². The summed E-state index contributed by atoms with van der Waals surface area (Å²) in [5.41, 5.74) is 9.14. The summed E-state index contributed by atoms with van der Waals surface area (Å²) in [6.45, 7) is 0. The van der Waals surface area contributed by atoms with Gasteiger partial charge in [-0.25, -0.2) is 4.98 Å². The lowest BCUT2D eigenvalue weighted by atomic mass is 10.0. The van der Waals surface area contributed by atoms with Crippen molar-refractivity contribution in [2.75, 3.05) is 0 Å². The highest BCUT2D eigenvalue weighted by Gasteiger charge is 2.17. The molecule has 0 radical (unpaired) electrons. The zero-order chi connectivity index (χ0) is 25.8. The van der Waals surface area contributed by atoms with Crippen molar-refractivity contribution in [2.24, 2.45) is 0 Å². The summed E-state index contributed by atoms with van der Waals surface area (Å²) >= 11 is 1.73. The topological polar surface area (TPSA) is 43.9 Å². The molecule has 39 heavy (non-hydrogen) atoms. The molecule has 0 aliphatic carbocycles. The van der Waals surface area contributed by atoms with Crippen LogP contribution in [0.25, 0.3) is 71.7 Å². The minimum absolute atomic E-state index is 0.623. The quantitative estimate of drug-likeness (QED) is 0.233. The average molecular weight is 520 g/mol. The van der Waals surface area contributed by atoms with Crippen LogP contribution >= 0.6 is 11.3 Å². The monoisotopic (exact) mass is 519 g/mol. The van der Waals surface area contributed by atoms with Crippen molar-refractivity contribution in [3.05, 3.63) is 127 Å². The van der Waals surface area contributed by atoms with Gasteiger partial charge in [0, 0.05) is 44.2 Å². The minimum atomic E-state index is 0.623. The van der Waals surface area contributed by atoms with Gasteiger partial charge in [-0.1, -0.05) is 54.6 Å². The predicted molar refractivity (Wildman–Crippen MR) is 160 cm³/mol. The third kappa shape index (κ3) is 3.59. The molecule has 4 nitrogen and oxygen atoms in total. The third-order valence-corrected chi connectivity index (χ3v) is 8.09. The lowest BCUT2D eigenvalue weighted by Crippen LogP contribution is -1.95. The first-order valence-corrected chi connectivity index (χ1v) is 13.7. The van der Waals surface area contributed by atoms with E-state index in [1.54, 1.807) is 11.3 Å². The molecule has 0 fully saturated rings. The molecule has 0 spiro atoms. The number of hydrogen-bond acceptors (Lipinski definition) is 4. The molecule has 0 N–H and O–H groups in total. The van der Waals surface area contributed by atoms with E-state index in [0.717, 1.165) is 50.2 Å². The van der Waals surface area contributed by atoms with Crippen LogP contribution in [0.5, 0.6) is 0 Å². The largest absolute Gasteiger partial charge is 0.436 e. The highest BCUT2D eigenvalue weighted by Crippen LogP contribution is 2.37. The Morgan fingerprint density at radius 3 is 2.49 bits per heavy atom. The van der Waals surface area contributed by atoms with Gasteiger partial charge in [-0.15, -0.1) is 11.3 Å². The summed E-state index contributed by atoms with van der Waals surface area (Å²) in [6.07, 6.45) is 1.87. The summed E-state index contributed by atoms with van der Waals surface area (Å²) < 4.78 is 8.45. The van der Waals surface area contributed by atoms with Gasteiger partial charge >= 0.3 is 0 Å². The van der Waals surface area contributed by atoms with Crippen LogP contribution < -0.4 is 0 Å². The van der Waals surface area contributed by atoms with E-state index >= 15 is 0 Å². The molecule has 5 heteroatoms. The van der Waals surface area contributed by atoms with Gasteiger partial charge in [0.2, 0.25) is 5.89 Å². The molecular weight excluding hydrogens is 498 g/mol. The maximum absolute atomic E-state index is 6.12. The van der Waals surface area contributed by atoms with Gasteiger partial charge in [0.15, 0.2) is 5.58 Å². The van der Waals surface area contributed by atoms with Gasteiger partial charge in [-0.05, 0) is 66.0 Å². The highest BCUT2D eigenvalue weighted by molar-refractivity contribution is 7.13. The Hall–Kier alpha value is -5.00. The molecular formula is C34H21N3OS. The number of rotatable bonds is 4. The van der Waals surface area contributed by atoms with Gasteiger partial charge in [0.1, 0.15) is 5.52 Å². The molecule has 0 saturated heterocycles. The van der Waals surface area contributed by atoms with Gasteiger partial charge in [-0.3, -0.25) is 4.98 Å². The Balaban J connectivity index is 1.35. The Bertz CT molecular complexity index is 2100. The van der Waals surface area contributed by atoms with Crippen LogP contribution in [0.3, 0.4) is 0 Å². The van der Waals surface area contributed by atoms with Crippen molar-refractivity contribution in [2.45, 2.75) is 0 Å². The number of oxazole rings is 1. The first-order chi connectivity index (χ1) is 19.3. The maximum atomic E-state index is 6.12. The fourth-order valence-corrected chi connectivity index (χ4v) is 6.19. The SMILES string of the molecule is c1cc(-c2ncccc2-c2cccs2)cc(-n2c3ccccc3c3ccc(-c4nc5ccccc5o4)cc32)c1. The molecule has 0 saturated carbocycles. The zero-order valence-electron chi connectivity index (χ0n) is 20.8. The fraction of sp³-hybridized carbons (Fsp3) is 0. The van der Waals surface area contributed by atoms with Crippen molar-refractivity contribution >= 4 is 44.2 Å². The Morgan fingerprint density at radius 1 is 0.667 bits per heavy atom. The highest BCUT2D eigenvalue weighted by atomic mass is 32.1. The van der Waals surface area contributed by atoms with E-state index < -0.39 is 0 Å². The second-order valence-corrected chi connectivity index (χ2v) is 10.4. The summed E-state index contributed by atoms with van der Waals surface area (Å²) in [7, 11) is 0. The van der Waals surface area contributed by atoms with Crippen molar-refractivity contribution < 1.29 is 4.42 Å². The van der Waals surface area contributed by atoms with Gasteiger partial charge < -0.3 is 8.98 Å². The summed E-state index contributed by atoms with van der Waals surface area (Å²) in [5, 5.41) is 4.50. The number of aromatic nitrogens is 3. The van der Waals surface area contributed by atoms with E-state index in [-0.39, 0.29) is 0 Å². The van der Waals surface area contributed by atoms with Crippen LogP contribution in [0.2, 0.25) is 0 Å². The number of benzene rings is 4. The minimum Gasteiger partial charge on any atom is -0.436 e. The molecule has 0 aliphatic heterocycles. The Kier molecular flexibility index (Phi) is 4.96. The third-order valence-electron chi connectivity index (χ3n) is 7.19. The van der Waals surface area contributed by atoms with E-state index in [2.05, 4.69) is 94.9 Å². The second-order valence-electron chi connectivity index (χ2n) is 9.50. The number of fused-ring (bicyclic) bond motifs is 4. The molecule has 184 valence electrons. The molecule has 4 aromatic heterocycles. The molecule has 8 rings (SSSR count). The number of hydrogen-bond donors (Lipinski definition) is 0. The van der Waals surface area contributed by atoms with Crippen LogP contribution in [-0.2, 0) is 0 Å². The number of thiophene rings is 1. The molecule has 0 aliphatic rings. The predicted octanol–water partition coefficient (Wildman–Crippen LogP) is 9.38. The number of nitrogens with zero attached hydrogens (tertiary/aromatic N) is 3.